The molecule has 4 heteroatoms. The molecule has 0 aliphatic carbocycles. The first kappa shape index (κ1) is 14.9. The lowest BCUT2D eigenvalue weighted by Gasteiger charge is -2.21. The van der Waals surface area contributed by atoms with Crippen LogP contribution >= 0.6 is 11.8 Å². The molecule has 0 heterocycles. The molecule has 3 nitrogen and oxygen atoms in total. The molecule has 0 saturated carbocycles. The lowest BCUT2D eigenvalue weighted by Crippen LogP contribution is -2.09. The quantitative estimate of drug-likeness (QED) is 0.909. The summed E-state index contributed by atoms with van der Waals surface area (Å²) < 4.78 is 5.33. The van der Waals surface area contributed by atoms with Crippen molar-refractivity contribution in [2.24, 2.45) is 0 Å². The number of aromatic hydroxyl groups is 1. The van der Waals surface area contributed by atoms with Gasteiger partial charge in [0.15, 0.2) is 0 Å². The fourth-order valence-electron chi connectivity index (χ4n) is 2.30. The highest BCUT2D eigenvalue weighted by Crippen LogP contribution is 2.41. The minimum atomic E-state index is -0.0262. The van der Waals surface area contributed by atoms with Gasteiger partial charge in [0.25, 0.3) is 0 Å². The van der Waals surface area contributed by atoms with E-state index in [0.717, 1.165) is 22.9 Å². The summed E-state index contributed by atoms with van der Waals surface area (Å²) in [5.41, 5.74) is 2.85. The maximum Gasteiger partial charge on any atom is 0.223 e. The Balaban J connectivity index is 3.77. The van der Waals surface area contributed by atoms with Gasteiger partial charge in [-0.3, -0.25) is 4.79 Å². The summed E-state index contributed by atoms with van der Waals surface area (Å²) in [6.07, 6.45) is 1.75. The van der Waals surface area contributed by atoms with E-state index in [-0.39, 0.29) is 16.8 Å². The first-order chi connectivity index (χ1) is 8.36. The molecule has 1 aromatic rings. The number of phenolic OH excluding ortho intramolecular Hbond substituents is 1. The third-order valence-corrected chi connectivity index (χ3v) is 3.70. The Kier molecular flexibility index (Phi) is 4.68. The minimum absolute atomic E-state index is 0.0262. The summed E-state index contributed by atoms with van der Waals surface area (Å²) in [7, 11) is 1.53. The zero-order valence-corrected chi connectivity index (χ0v) is 12.6. The molecule has 0 aliphatic rings. The molecule has 1 rings (SSSR count). The van der Waals surface area contributed by atoms with Crippen molar-refractivity contribution in [3.8, 4) is 11.5 Å². The van der Waals surface area contributed by atoms with Crippen LogP contribution in [0.15, 0.2) is 0 Å². The zero-order valence-electron chi connectivity index (χ0n) is 11.7. The normalized spacial score (nSPS) is 10.8. The number of carbonyl (C=O) groups is 1. The summed E-state index contributed by atoms with van der Waals surface area (Å²) in [6, 6.07) is 0. The molecule has 0 atom stereocenters. The molecule has 0 bridgehead atoms. The standard InChI is InChI=1S/C14H20O3S/c1-7(2)10-8(3)12(15)9(4)13(17-5)11(10)14(16)18-6/h7,15H,1-6H3. The summed E-state index contributed by atoms with van der Waals surface area (Å²) in [6.45, 7) is 7.62. The van der Waals surface area contributed by atoms with Crippen molar-refractivity contribution < 1.29 is 14.6 Å². The van der Waals surface area contributed by atoms with Gasteiger partial charge in [0.05, 0.1) is 12.7 Å². The van der Waals surface area contributed by atoms with Gasteiger partial charge in [-0.2, -0.15) is 0 Å². The predicted octanol–water partition coefficient (Wildman–Crippen LogP) is 3.64. The van der Waals surface area contributed by atoms with Crippen LogP contribution in [0.5, 0.6) is 11.5 Å². The van der Waals surface area contributed by atoms with Crippen LogP contribution in [0.25, 0.3) is 0 Å². The maximum atomic E-state index is 12.1. The molecule has 0 aromatic heterocycles. The lowest BCUT2D eigenvalue weighted by molar-refractivity contribution is 0.108. The lowest BCUT2D eigenvalue weighted by atomic mass is 9.89. The van der Waals surface area contributed by atoms with Crippen LogP contribution in [0.1, 0.15) is 46.8 Å². The Hall–Kier alpha value is -1.16. The second-order valence-corrected chi connectivity index (χ2v) is 5.35. The largest absolute Gasteiger partial charge is 0.507 e. The molecule has 0 unspecified atom stereocenters. The molecule has 100 valence electrons. The molecule has 0 fully saturated rings. The van der Waals surface area contributed by atoms with E-state index in [9.17, 15) is 9.90 Å². The maximum absolute atomic E-state index is 12.1. The van der Waals surface area contributed by atoms with Crippen LogP contribution in [-0.4, -0.2) is 23.6 Å². The van der Waals surface area contributed by atoms with Gasteiger partial charge in [-0.15, -0.1) is 0 Å². The van der Waals surface area contributed by atoms with Gasteiger partial charge in [-0.25, -0.2) is 0 Å². The van der Waals surface area contributed by atoms with Crippen molar-refractivity contribution in [3.05, 3.63) is 22.3 Å². The highest BCUT2D eigenvalue weighted by Gasteiger charge is 2.25. The summed E-state index contributed by atoms with van der Waals surface area (Å²) >= 11 is 1.16. The van der Waals surface area contributed by atoms with Crippen LogP contribution in [0, 0.1) is 13.8 Å². The minimum Gasteiger partial charge on any atom is -0.507 e. The van der Waals surface area contributed by atoms with E-state index in [2.05, 4.69) is 0 Å². The van der Waals surface area contributed by atoms with Crippen LogP contribution in [0.2, 0.25) is 0 Å². The van der Waals surface area contributed by atoms with E-state index in [1.54, 1.807) is 13.2 Å². The number of ether oxygens (including phenoxy) is 1. The molecule has 0 spiro atoms. The van der Waals surface area contributed by atoms with Gasteiger partial charge in [0, 0.05) is 5.56 Å². The molecule has 1 aromatic carbocycles. The van der Waals surface area contributed by atoms with E-state index in [1.807, 2.05) is 20.8 Å². The van der Waals surface area contributed by atoms with E-state index >= 15 is 0 Å². The second-order valence-electron chi connectivity index (χ2n) is 4.57. The smallest absolute Gasteiger partial charge is 0.223 e. The van der Waals surface area contributed by atoms with Gasteiger partial charge < -0.3 is 9.84 Å². The molecule has 0 amide bonds. The fourth-order valence-corrected chi connectivity index (χ4v) is 2.70. The van der Waals surface area contributed by atoms with Gasteiger partial charge in [-0.05, 0) is 37.1 Å². The Bertz CT molecular complexity index is 479. The first-order valence-electron chi connectivity index (χ1n) is 5.85. The molecular formula is C14H20O3S. The van der Waals surface area contributed by atoms with Gasteiger partial charge in [-0.1, -0.05) is 25.6 Å². The van der Waals surface area contributed by atoms with Gasteiger partial charge in [0.1, 0.15) is 11.5 Å². The number of hydrogen-bond donors (Lipinski definition) is 1. The highest BCUT2D eigenvalue weighted by atomic mass is 32.2. The number of phenols is 1. The number of carbonyl (C=O) groups excluding carboxylic acids is 1. The molecule has 18 heavy (non-hydrogen) atoms. The summed E-state index contributed by atoms with van der Waals surface area (Å²) in [5, 5.41) is 10.1. The Morgan fingerprint density at radius 3 is 2.22 bits per heavy atom. The molecule has 0 aliphatic heterocycles. The molecule has 0 radical (unpaired) electrons. The van der Waals surface area contributed by atoms with Crippen molar-refractivity contribution in [1.29, 1.82) is 0 Å². The zero-order chi connectivity index (χ0) is 14.0. The van der Waals surface area contributed by atoms with Crippen LogP contribution in [0.4, 0.5) is 0 Å². The monoisotopic (exact) mass is 268 g/mol. The summed E-state index contributed by atoms with van der Waals surface area (Å²) in [5.74, 6) is 0.853. The van der Waals surface area contributed by atoms with Crippen molar-refractivity contribution in [2.45, 2.75) is 33.6 Å². The Labute approximate surface area is 113 Å². The summed E-state index contributed by atoms with van der Waals surface area (Å²) in [4.78, 5) is 12.1. The van der Waals surface area contributed by atoms with Crippen molar-refractivity contribution in [3.63, 3.8) is 0 Å². The number of methoxy groups -OCH3 is 1. The fraction of sp³-hybridized carbons (Fsp3) is 0.500. The van der Waals surface area contributed by atoms with Crippen LogP contribution in [-0.2, 0) is 0 Å². The highest BCUT2D eigenvalue weighted by molar-refractivity contribution is 8.13. The average Bonchev–Trinajstić information content (AvgIpc) is 2.34. The predicted molar refractivity (Wildman–Crippen MR) is 76.1 cm³/mol. The van der Waals surface area contributed by atoms with Crippen molar-refractivity contribution in [2.75, 3.05) is 13.4 Å². The van der Waals surface area contributed by atoms with E-state index in [0.29, 0.717) is 16.9 Å². The SMILES string of the molecule is COc1c(C)c(O)c(C)c(C(C)C)c1C(=O)SC. The third-order valence-electron chi connectivity index (χ3n) is 3.12. The van der Waals surface area contributed by atoms with Gasteiger partial charge in [0.2, 0.25) is 5.12 Å². The molecule has 1 N–H and O–H groups in total. The van der Waals surface area contributed by atoms with Crippen molar-refractivity contribution in [1.82, 2.24) is 0 Å². The second kappa shape index (κ2) is 5.65. The first-order valence-corrected chi connectivity index (χ1v) is 7.07. The van der Waals surface area contributed by atoms with Gasteiger partial charge >= 0.3 is 0 Å². The molecule has 0 saturated heterocycles. The number of rotatable bonds is 3. The Morgan fingerprint density at radius 2 is 1.83 bits per heavy atom. The number of hydrogen-bond acceptors (Lipinski definition) is 4. The Morgan fingerprint density at radius 1 is 1.28 bits per heavy atom. The molecular weight excluding hydrogens is 248 g/mol. The van der Waals surface area contributed by atoms with E-state index in [4.69, 9.17) is 4.74 Å². The topological polar surface area (TPSA) is 46.5 Å². The van der Waals surface area contributed by atoms with E-state index in [1.165, 1.54) is 7.11 Å². The van der Waals surface area contributed by atoms with E-state index < -0.39 is 0 Å². The van der Waals surface area contributed by atoms with Crippen molar-refractivity contribution >= 4 is 16.9 Å². The van der Waals surface area contributed by atoms with Crippen LogP contribution < -0.4 is 4.74 Å². The number of thioether (sulfide) groups is 1. The number of benzene rings is 1. The van der Waals surface area contributed by atoms with Crippen LogP contribution in [0.3, 0.4) is 0 Å². The third kappa shape index (κ3) is 2.34. The average molecular weight is 268 g/mol.